The molecule has 0 saturated carbocycles. The second-order valence-electron chi connectivity index (χ2n) is 5.58. The predicted octanol–water partition coefficient (Wildman–Crippen LogP) is 2.93. The number of imide groups is 1. The van der Waals surface area contributed by atoms with Crippen LogP contribution in [0.3, 0.4) is 0 Å². The molecule has 0 bridgehead atoms. The number of carbonyl (C=O) groups is 2. The summed E-state index contributed by atoms with van der Waals surface area (Å²) in [6.07, 6.45) is 0. The third-order valence-electron chi connectivity index (χ3n) is 3.93. The van der Waals surface area contributed by atoms with Crippen LogP contribution in [0.5, 0.6) is 0 Å². The van der Waals surface area contributed by atoms with Gasteiger partial charge in [0.2, 0.25) is 0 Å². The van der Waals surface area contributed by atoms with E-state index in [4.69, 9.17) is 0 Å². The lowest BCUT2D eigenvalue weighted by Gasteiger charge is -2.22. The number of amides is 3. The van der Waals surface area contributed by atoms with Gasteiger partial charge in [-0.2, -0.15) is 0 Å². The van der Waals surface area contributed by atoms with Crippen LogP contribution < -0.4 is 5.32 Å². The summed E-state index contributed by atoms with van der Waals surface area (Å²) in [6.45, 7) is 1.53. The van der Waals surface area contributed by atoms with Crippen LogP contribution in [-0.2, 0) is 16.9 Å². The molecule has 2 aromatic carbocycles. The minimum absolute atomic E-state index is 0.0286. The lowest BCUT2D eigenvalue weighted by atomic mass is 9.92. The van der Waals surface area contributed by atoms with Crippen molar-refractivity contribution >= 4 is 11.9 Å². The number of halogens is 2. The molecule has 1 saturated heterocycles. The first-order valence-corrected chi connectivity index (χ1v) is 7.05. The maximum absolute atomic E-state index is 13.3. The smallest absolute Gasteiger partial charge is 0.319 e. The van der Waals surface area contributed by atoms with E-state index in [2.05, 4.69) is 5.32 Å². The van der Waals surface area contributed by atoms with Crippen molar-refractivity contribution in [2.24, 2.45) is 0 Å². The Bertz CT molecular complexity index is 776. The van der Waals surface area contributed by atoms with E-state index in [1.807, 2.05) is 0 Å². The molecule has 1 heterocycles. The number of carbonyl (C=O) groups excluding carboxylic acids is 2. The van der Waals surface area contributed by atoms with Crippen molar-refractivity contribution in [1.82, 2.24) is 10.2 Å². The van der Waals surface area contributed by atoms with Crippen LogP contribution in [0.2, 0.25) is 0 Å². The number of benzene rings is 2. The van der Waals surface area contributed by atoms with Crippen molar-refractivity contribution in [3.05, 3.63) is 71.3 Å². The maximum Gasteiger partial charge on any atom is 0.325 e. The molecule has 0 aliphatic carbocycles. The average molecular weight is 316 g/mol. The van der Waals surface area contributed by atoms with E-state index in [1.165, 1.54) is 42.5 Å². The summed E-state index contributed by atoms with van der Waals surface area (Å²) in [5.41, 5.74) is -0.270. The minimum Gasteiger partial charge on any atom is -0.319 e. The third-order valence-corrected chi connectivity index (χ3v) is 3.93. The second-order valence-corrected chi connectivity index (χ2v) is 5.58. The summed E-state index contributed by atoms with van der Waals surface area (Å²) < 4.78 is 26.3. The zero-order chi connectivity index (χ0) is 16.6. The number of hydrogen-bond acceptors (Lipinski definition) is 2. The topological polar surface area (TPSA) is 49.4 Å². The Morgan fingerprint density at radius 2 is 1.74 bits per heavy atom. The van der Waals surface area contributed by atoms with Gasteiger partial charge in [-0.15, -0.1) is 0 Å². The highest BCUT2D eigenvalue weighted by molar-refractivity contribution is 6.07. The van der Waals surface area contributed by atoms with Gasteiger partial charge in [0.05, 0.1) is 6.54 Å². The molecule has 1 N–H and O–H groups in total. The molecular weight excluding hydrogens is 302 g/mol. The van der Waals surface area contributed by atoms with E-state index >= 15 is 0 Å². The van der Waals surface area contributed by atoms with E-state index in [9.17, 15) is 18.4 Å². The molecule has 1 atom stereocenters. The van der Waals surface area contributed by atoms with E-state index in [1.54, 1.807) is 13.0 Å². The van der Waals surface area contributed by atoms with Crippen LogP contribution in [0, 0.1) is 11.6 Å². The first kappa shape index (κ1) is 15.1. The quantitative estimate of drug-likeness (QED) is 0.885. The average Bonchev–Trinajstić information content (AvgIpc) is 2.72. The Balaban J connectivity index is 1.89. The number of nitrogens with zero attached hydrogens (tertiary/aromatic N) is 1. The highest BCUT2D eigenvalue weighted by Gasteiger charge is 2.48. The molecule has 1 fully saturated rings. The number of rotatable bonds is 3. The molecule has 1 unspecified atom stereocenters. The van der Waals surface area contributed by atoms with Crippen LogP contribution in [0.15, 0.2) is 48.5 Å². The predicted molar refractivity (Wildman–Crippen MR) is 79.2 cm³/mol. The van der Waals surface area contributed by atoms with E-state index in [0.717, 1.165) is 4.90 Å². The molecule has 0 radical (unpaired) electrons. The normalized spacial score (nSPS) is 20.7. The molecule has 3 rings (SSSR count). The van der Waals surface area contributed by atoms with Crippen LogP contribution in [0.4, 0.5) is 13.6 Å². The van der Waals surface area contributed by atoms with E-state index < -0.39 is 29.1 Å². The molecule has 1 aliphatic heterocycles. The van der Waals surface area contributed by atoms with E-state index in [-0.39, 0.29) is 6.54 Å². The molecule has 6 heteroatoms. The van der Waals surface area contributed by atoms with Gasteiger partial charge >= 0.3 is 6.03 Å². The fourth-order valence-corrected chi connectivity index (χ4v) is 2.64. The second kappa shape index (κ2) is 5.46. The zero-order valence-electron chi connectivity index (χ0n) is 12.3. The fourth-order valence-electron chi connectivity index (χ4n) is 2.64. The molecule has 2 aromatic rings. The van der Waals surface area contributed by atoms with Crippen LogP contribution in [-0.4, -0.2) is 16.8 Å². The number of hydrogen-bond donors (Lipinski definition) is 1. The lowest BCUT2D eigenvalue weighted by Crippen LogP contribution is -2.40. The fraction of sp³-hybridized carbons (Fsp3) is 0.176. The molecule has 23 heavy (non-hydrogen) atoms. The molecule has 4 nitrogen and oxygen atoms in total. The van der Waals surface area contributed by atoms with Crippen molar-refractivity contribution in [3.8, 4) is 0 Å². The van der Waals surface area contributed by atoms with Crippen LogP contribution in [0.1, 0.15) is 18.1 Å². The Morgan fingerprint density at radius 1 is 1.04 bits per heavy atom. The summed E-state index contributed by atoms with van der Waals surface area (Å²) in [4.78, 5) is 25.8. The molecule has 3 amide bonds. The summed E-state index contributed by atoms with van der Waals surface area (Å²) in [7, 11) is 0. The Morgan fingerprint density at radius 3 is 2.39 bits per heavy atom. The van der Waals surface area contributed by atoms with Gasteiger partial charge in [-0.1, -0.05) is 24.3 Å². The van der Waals surface area contributed by atoms with Crippen molar-refractivity contribution in [2.45, 2.75) is 19.0 Å². The number of nitrogens with one attached hydrogen (secondary N) is 1. The summed E-state index contributed by atoms with van der Waals surface area (Å²) in [5.74, 6) is -1.32. The first-order valence-electron chi connectivity index (χ1n) is 7.05. The minimum atomic E-state index is -1.27. The first-order chi connectivity index (χ1) is 10.9. The Hall–Kier alpha value is -2.76. The standard InChI is InChI=1S/C17H14F2N2O2/c1-17(12-5-7-13(18)8-6-12)15(22)21(16(23)20-17)10-11-3-2-4-14(19)9-11/h2-9H,10H2,1H3,(H,20,23). The molecule has 0 aromatic heterocycles. The van der Waals surface area contributed by atoms with Crippen molar-refractivity contribution < 1.29 is 18.4 Å². The maximum atomic E-state index is 13.3. The Labute approximate surface area is 131 Å². The van der Waals surface area contributed by atoms with Crippen molar-refractivity contribution in [2.75, 3.05) is 0 Å². The number of urea groups is 1. The van der Waals surface area contributed by atoms with Gasteiger partial charge in [-0.05, 0) is 42.3 Å². The molecular formula is C17H14F2N2O2. The highest BCUT2D eigenvalue weighted by atomic mass is 19.1. The molecule has 0 spiro atoms. The Kier molecular flexibility index (Phi) is 3.60. The van der Waals surface area contributed by atoms with Gasteiger partial charge in [-0.25, -0.2) is 13.6 Å². The summed E-state index contributed by atoms with van der Waals surface area (Å²) >= 11 is 0. The largest absolute Gasteiger partial charge is 0.325 e. The van der Waals surface area contributed by atoms with Crippen molar-refractivity contribution in [3.63, 3.8) is 0 Å². The highest BCUT2D eigenvalue weighted by Crippen LogP contribution is 2.29. The van der Waals surface area contributed by atoms with E-state index in [0.29, 0.717) is 11.1 Å². The van der Waals surface area contributed by atoms with Gasteiger partial charge in [0.25, 0.3) is 5.91 Å². The van der Waals surface area contributed by atoms with Gasteiger partial charge in [0.1, 0.15) is 17.2 Å². The van der Waals surface area contributed by atoms with Gasteiger partial charge in [0, 0.05) is 0 Å². The van der Waals surface area contributed by atoms with Crippen LogP contribution >= 0.6 is 0 Å². The van der Waals surface area contributed by atoms with Gasteiger partial charge in [0.15, 0.2) is 0 Å². The zero-order valence-corrected chi connectivity index (χ0v) is 12.3. The third kappa shape index (κ3) is 2.67. The molecule has 118 valence electrons. The van der Waals surface area contributed by atoms with Crippen LogP contribution in [0.25, 0.3) is 0 Å². The van der Waals surface area contributed by atoms with Gasteiger partial charge < -0.3 is 5.32 Å². The monoisotopic (exact) mass is 316 g/mol. The van der Waals surface area contributed by atoms with Crippen molar-refractivity contribution in [1.29, 1.82) is 0 Å². The van der Waals surface area contributed by atoms with Gasteiger partial charge in [-0.3, -0.25) is 9.69 Å². The lowest BCUT2D eigenvalue weighted by molar-refractivity contribution is -0.131. The SMILES string of the molecule is CC1(c2ccc(F)cc2)NC(=O)N(Cc2cccc(F)c2)C1=O. The summed E-state index contributed by atoms with van der Waals surface area (Å²) in [5, 5.41) is 2.62. The summed E-state index contributed by atoms with van der Waals surface area (Å²) in [6, 6.07) is 10.5. The molecule has 1 aliphatic rings.